The maximum absolute atomic E-state index is 12.6. The van der Waals surface area contributed by atoms with Gasteiger partial charge in [0.15, 0.2) is 0 Å². The molecule has 1 aromatic heterocycles. The number of nitrogens with zero attached hydrogens (tertiary/aromatic N) is 2. The first kappa shape index (κ1) is 23.3. The Labute approximate surface area is 203 Å². The van der Waals surface area contributed by atoms with E-state index >= 15 is 0 Å². The van der Waals surface area contributed by atoms with Gasteiger partial charge >= 0.3 is 5.97 Å². The molecule has 0 aliphatic heterocycles. The Morgan fingerprint density at radius 2 is 1.68 bits per heavy atom. The Morgan fingerprint density at radius 3 is 2.29 bits per heavy atom. The fourth-order valence-electron chi connectivity index (χ4n) is 3.62. The Kier molecular flexibility index (Phi) is 6.80. The lowest BCUT2D eigenvalue weighted by Gasteiger charge is -2.11. The van der Waals surface area contributed by atoms with Crippen molar-refractivity contribution < 1.29 is 14.3 Å². The molecule has 34 heavy (non-hydrogen) atoms. The van der Waals surface area contributed by atoms with Crippen LogP contribution in [-0.4, -0.2) is 21.7 Å². The topological polar surface area (TPSA) is 73.2 Å². The summed E-state index contributed by atoms with van der Waals surface area (Å²) in [5.41, 5.74) is 4.25. The van der Waals surface area contributed by atoms with Crippen molar-refractivity contribution in [2.75, 3.05) is 5.32 Å². The Morgan fingerprint density at radius 1 is 0.971 bits per heavy atom. The van der Waals surface area contributed by atoms with Crippen LogP contribution in [0.5, 0.6) is 5.88 Å². The molecule has 0 unspecified atom stereocenters. The van der Waals surface area contributed by atoms with Gasteiger partial charge in [0, 0.05) is 23.2 Å². The van der Waals surface area contributed by atoms with Crippen LogP contribution in [0.3, 0.4) is 0 Å². The minimum absolute atomic E-state index is 0.0801. The van der Waals surface area contributed by atoms with Crippen molar-refractivity contribution >= 4 is 29.2 Å². The number of rotatable bonds is 6. The predicted molar refractivity (Wildman–Crippen MR) is 134 cm³/mol. The minimum atomic E-state index is -0.431. The SMILES string of the molecule is CC(=O)Oc1c(-c2ccc(NC(=O)c3cccc(Cl)c3)cc2)c(C(C)C)nn1-c1ccccc1. The van der Waals surface area contributed by atoms with Gasteiger partial charge in [0.25, 0.3) is 5.91 Å². The molecule has 1 amide bonds. The average molecular weight is 474 g/mol. The van der Waals surface area contributed by atoms with Crippen molar-refractivity contribution in [2.24, 2.45) is 0 Å². The lowest BCUT2D eigenvalue weighted by molar-refractivity contribution is -0.132. The molecule has 0 radical (unpaired) electrons. The first-order chi connectivity index (χ1) is 16.3. The number of nitrogens with one attached hydrogen (secondary N) is 1. The van der Waals surface area contributed by atoms with Crippen LogP contribution in [-0.2, 0) is 4.79 Å². The number of para-hydroxylation sites is 1. The summed E-state index contributed by atoms with van der Waals surface area (Å²) in [6, 6.07) is 23.7. The van der Waals surface area contributed by atoms with E-state index in [9.17, 15) is 9.59 Å². The smallest absolute Gasteiger partial charge is 0.309 e. The molecule has 3 aromatic carbocycles. The number of amides is 1. The molecule has 7 heteroatoms. The van der Waals surface area contributed by atoms with E-state index in [0.29, 0.717) is 22.2 Å². The fourth-order valence-corrected chi connectivity index (χ4v) is 3.81. The predicted octanol–water partition coefficient (Wildman–Crippen LogP) is 6.49. The highest BCUT2D eigenvalue weighted by molar-refractivity contribution is 6.31. The molecule has 0 atom stereocenters. The van der Waals surface area contributed by atoms with Gasteiger partial charge in [0.1, 0.15) is 0 Å². The second kappa shape index (κ2) is 9.93. The highest BCUT2D eigenvalue weighted by atomic mass is 35.5. The summed E-state index contributed by atoms with van der Waals surface area (Å²) in [5, 5.41) is 8.16. The molecule has 0 aliphatic rings. The van der Waals surface area contributed by atoms with Crippen molar-refractivity contribution in [3.8, 4) is 22.7 Å². The molecule has 0 saturated heterocycles. The molecule has 0 aliphatic carbocycles. The molecular weight excluding hydrogens is 450 g/mol. The van der Waals surface area contributed by atoms with Gasteiger partial charge in [0.05, 0.1) is 16.9 Å². The molecule has 0 spiro atoms. The van der Waals surface area contributed by atoms with Crippen molar-refractivity contribution in [1.29, 1.82) is 0 Å². The molecule has 4 aromatic rings. The number of anilines is 1. The lowest BCUT2D eigenvalue weighted by Crippen LogP contribution is -2.11. The number of benzene rings is 3. The van der Waals surface area contributed by atoms with E-state index in [2.05, 4.69) is 5.32 Å². The zero-order valence-electron chi connectivity index (χ0n) is 19.1. The van der Waals surface area contributed by atoms with Crippen LogP contribution in [0.25, 0.3) is 16.8 Å². The number of ether oxygens (including phenoxy) is 1. The normalized spacial score (nSPS) is 10.9. The number of hydrogen-bond acceptors (Lipinski definition) is 4. The van der Waals surface area contributed by atoms with E-state index < -0.39 is 5.97 Å². The second-order valence-corrected chi connectivity index (χ2v) is 8.54. The molecule has 0 bridgehead atoms. The van der Waals surface area contributed by atoms with Crippen LogP contribution < -0.4 is 10.1 Å². The summed E-state index contributed by atoms with van der Waals surface area (Å²) in [7, 11) is 0. The second-order valence-electron chi connectivity index (χ2n) is 8.10. The first-order valence-corrected chi connectivity index (χ1v) is 11.3. The lowest BCUT2D eigenvalue weighted by atomic mass is 9.99. The monoisotopic (exact) mass is 473 g/mol. The zero-order valence-corrected chi connectivity index (χ0v) is 19.8. The van der Waals surface area contributed by atoms with E-state index in [0.717, 1.165) is 22.5 Å². The Bertz CT molecular complexity index is 1330. The number of halogens is 1. The summed E-state index contributed by atoms with van der Waals surface area (Å²) in [5.74, 6) is -0.246. The third-order valence-electron chi connectivity index (χ3n) is 5.18. The fraction of sp³-hybridized carbons (Fsp3) is 0.148. The number of esters is 1. The van der Waals surface area contributed by atoms with Gasteiger partial charge in [0.2, 0.25) is 5.88 Å². The van der Waals surface area contributed by atoms with E-state index in [4.69, 9.17) is 21.4 Å². The Hall–Kier alpha value is -3.90. The van der Waals surface area contributed by atoms with Crippen LogP contribution in [0.2, 0.25) is 5.02 Å². The standard InChI is InChI=1S/C27H24ClN3O3/c1-17(2)25-24(27(34-18(3)32)31(30-25)23-10-5-4-6-11-23)19-12-14-22(15-13-19)29-26(33)20-8-7-9-21(28)16-20/h4-17H,1-3H3,(H,29,33). The summed E-state index contributed by atoms with van der Waals surface area (Å²) < 4.78 is 7.31. The molecule has 172 valence electrons. The van der Waals surface area contributed by atoms with Crippen LogP contribution in [0.15, 0.2) is 78.9 Å². The quantitative estimate of drug-likeness (QED) is 0.325. The minimum Gasteiger partial charge on any atom is -0.407 e. The number of carbonyl (C=O) groups excluding carboxylic acids is 2. The molecule has 0 saturated carbocycles. The first-order valence-electron chi connectivity index (χ1n) is 10.9. The molecule has 4 rings (SSSR count). The van der Waals surface area contributed by atoms with Gasteiger partial charge in [-0.05, 0) is 53.9 Å². The van der Waals surface area contributed by atoms with Gasteiger partial charge in [-0.3, -0.25) is 9.59 Å². The number of carbonyl (C=O) groups is 2. The average Bonchev–Trinajstić information content (AvgIpc) is 3.19. The van der Waals surface area contributed by atoms with Crippen molar-refractivity contribution in [1.82, 2.24) is 9.78 Å². The van der Waals surface area contributed by atoms with Crippen LogP contribution in [0.4, 0.5) is 5.69 Å². The maximum atomic E-state index is 12.6. The summed E-state index contributed by atoms with van der Waals surface area (Å²) in [6.45, 7) is 5.45. The molecule has 1 N–H and O–H groups in total. The van der Waals surface area contributed by atoms with Gasteiger partial charge in [-0.1, -0.05) is 61.8 Å². The largest absolute Gasteiger partial charge is 0.407 e. The third-order valence-corrected chi connectivity index (χ3v) is 5.41. The Balaban J connectivity index is 1.72. The van der Waals surface area contributed by atoms with Gasteiger partial charge in [-0.25, -0.2) is 0 Å². The molecule has 6 nitrogen and oxygen atoms in total. The number of hydrogen-bond donors (Lipinski definition) is 1. The van der Waals surface area contributed by atoms with Gasteiger partial charge in [-0.2, -0.15) is 9.78 Å². The third kappa shape index (κ3) is 5.02. The summed E-state index contributed by atoms with van der Waals surface area (Å²) in [6.07, 6.45) is 0. The number of aromatic nitrogens is 2. The van der Waals surface area contributed by atoms with E-state index in [1.165, 1.54) is 6.92 Å². The molecule has 0 fully saturated rings. The van der Waals surface area contributed by atoms with E-state index in [-0.39, 0.29) is 11.8 Å². The maximum Gasteiger partial charge on any atom is 0.309 e. The van der Waals surface area contributed by atoms with E-state index in [1.807, 2.05) is 56.3 Å². The van der Waals surface area contributed by atoms with Crippen molar-refractivity contribution in [3.05, 3.63) is 95.1 Å². The summed E-state index contributed by atoms with van der Waals surface area (Å²) in [4.78, 5) is 24.5. The zero-order chi connectivity index (χ0) is 24.2. The van der Waals surface area contributed by atoms with Crippen molar-refractivity contribution in [2.45, 2.75) is 26.7 Å². The van der Waals surface area contributed by atoms with E-state index in [1.54, 1.807) is 41.1 Å². The van der Waals surface area contributed by atoms with Crippen LogP contribution >= 0.6 is 11.6 Å². The van der Waals surface area contributed by atoms with Crippen LogP contribution in [0.1, 0.15) is 42.7 Å². The van der Waals surface area contributed by atoms with Gasteiger partial charge in [-0.15, -0.1) is 0 Å². The highest BCUT2D eigenvalue weighted by Gasteiger charge is 2.25. The summed E-state index contributed by atoms with van der Waals surface area (Å²) >= 11 is 5.99. The van der Waals surface area contributed by atoms with Crippen LogP contribution in [0, 0.1) is 0 Å². The molecule has 1 heterocycles. The van der Waals surface area contributed by atoms with Crippen molar-refractivity contribution in [3.63, 3.8) is 0 Å². The molecular formula is C27H24ClN3O3. The van der Waals surface area contributed by atoms with Gasteiger partial charge < -0.3 is 10.1 Å². The highest BCUT2D eigenvalue weighted by Crippen LogP contribution is 2.39.